The van der Waals surface area contributed by atoms with Crippen molar-refractivity contribution in [2.75, 3.05) is 0 Å². The number of rotatable bonds is 0. The standard InChI is InChI=1S/C6H6O2Si.2C3H4N2/c1-2-4-6-5(3-1)7-9-8-6;2*1-2-5-3-4-1/h1-4H,9H2;2*1-3H,(H,4,5). The Bertz CT molecular complexity index is 459. The summed E-state index contributed by atoms with van der Waals surface area (Å²) in [6.07, 6.45) is 10.2. The van der Waals surface area contributed by atoms with Gasteiger partial charge in [0.05, 0.1) is 12.7 Å². The molecule has 2 N–H and O–H groups in total. The fourth-order valence-corrected chi connectivity index (χ4v) is 2.07. The first kappa shape index (κ1) is 12.9. The molecule has 0 amide bonds. The largest absolute Gasteiger partial charge is 0.513 e. The lowest BCUT2D eigenvalue weighted by atomic mass is 10.3. The molecule has 98 valence electrons. The van der Waals surface area contributed by atoms with Crippen LogP contribution < -0.4 is 8.85 Å². The number of fused-ring (bicyclic) bond motifs is 1. The molecule has 4 rings (SSSR count). The lowest BCUT2D eigenvalue weighted by Gasteiger charge is -1.91. The van der Waals surface area contributed by atoms with Gasteiger partial charge in [-0.25, -0.2) is 9.97 Å². The topological polar surface area (TPSA) is 75.8 Å². The molecule has 0 unspecified atom stereocenters. The van der Waals surface area contributed by atoms with E-state index in [1.54, 1.807) is 37.4 Å². The summed E-state index contributed by atoms with van der Waals surface area (Å²) in [6.45, 7) is 0. The van der Waals surface area contributed by atoms with Gasteiger partial charge in [0.2, 0.25) is 0 Å². The molecule has 0 bridgehead atoms. The highest BCUT2D eigenvalue weighted by Crippen LogP contribution is 2.29. The summed E-state index contributed by atoms with van der Waals surface area (Å²) >= 11 is 0. The molecule has 1 aliphatic heterocycles. The molecule has 0 aliphatic carbocycles. The molecule has 2 aromatic heterocycles. The van der Waals surface area contributed by atoms with Crippen molar-refractivity contribution in [2.24, 2.45) is 0 Å². The van der Waals surface area contributed by atoms with Crippen molar-refractivity contribution in [1.82, 2.24) is 19.9 Å². The summed E-state index contributed by atoms with van der Waals surface area (Å²) in [6, 6.07) is 7.74. The first-order valence-electron chi connectivity index (χ1n) is 5.67. The van der Waals surface area contributed by atoms with Gasteiger partial charge in [-0.3, -0.25) is 0 Å². The molecule has 19 heavy (non-hydrogen) atoms. The van der Waals surface area contributed by atoms with E-state index in [9.17, 15) is 0 Å². The molecule has 7 heteroatoms. The van der Waals surface area contributed by atoms with Crippen LogP contribution in [0, 0.1) is 0 Å². The molecule has 1 aliphatic rings. The van der Waals surface area contributed by atoms with E-state index in [2.05, 4.69) is 19.9 Å². The molecular formula is C12H14N4O2Si. The van der Waals surface area contributed by atoms with E-state index in [0.717, 1.165) is 11.5 Å². The lowest BCUT2D eigenvalue weighted by molar-refractivity contribution is 0.541. The second-order valence-electron chi connectivity index (χ2n) is 3.37. The fourth-order valence-electron chi connectivity index (χ4n) is 1.28. The molecule has 0 fully saturated rings. The van der Waals surface area contributed by atoms with E-state index in [4.69, 9.17) is 8.85 Å². The Balaban J connectivity index is 0.000000114. The Morgan fingerprint density at radius 3 is 1.68 bits per heavy atom. The van der Waals surface area contributed by atoms with Crippen molar-refractivity contribution in [1.29, 1.82) is 0 Å². The Morgan fingerprint density at radius 1 is 0.842 bits per heavy atom. The van der Waals surface area contributed by atoms with E-state index < -0.39 is 10.0 Å². The SMILES string of the molecule is c1c[nH]cn1.c1c[nH]cn1.c1ccc2c(c1)O[SiH2]O2. The summed E-state index contributed by atoms with van der Waals surface area (Å²) in [4.78, 5) is 12.8. The summed E-state index contributed by atoms with van der Waals surface area (Å²) < 4.78 is 10.4. The summed E-state index contributed by atoms with van der Waals surface area (Å²) in [5, 5.41) is 0. The van der Waals surface area contributed by atoms with Gasteiger partial charge in [0.15, 0.2) is 0 Å². The first-order valence-corrected chi connectivity index (χ1v) is 6.82. The number of aromatic nitrogens is 4. The van der Waals surface area contributed by atoms with Gasteiger partial charge < -0.3 is 18.8 Å². The number of para-hydroxylation sites is 2. The smallest absolute Gasteiger partial charge is 0.427 e. The van der Waals surface area contributed by atoms with Crippen LogP contribution in [0.1, 0.15) is 0 Å². The van der Waals surface area contributed by atoms with Crippen LogP contribution in [0.25, 0.3) is 0 Å². The summed E-state index contributed by atoms with van der Waals surface area (Å²) in [5.74, 6) is 1.81. The third-order valence-electron chi connectivity index (χ3n) is 2.09. The summed E-state index contributed by atoms with van der Waals surface area (Å²) in [7, 11) is -0.710. The molecule has 0 saturated carbocycles. The van der Waals surface area contributed by atoms with Gasteiger partial charge >= 0.3 is 10.0 Å². The third-order valence-corrected chi connectivity index (χ3v) is 2.95. The maximum Gasteiger partial charge on any atom is 0.427 e. The minimum Gasteiger partial charge on any atom is -0.513 e. The number of aromatic amines is 2. The molecule has 6 nitrogen and oxygen atoms in total. The van der Waals surface area contributed by atoms with Crippen LogP contribution in [0.5, 0.6) is 11.5 Å². The van der Waals surface area contributed by atoms with Gasteiger partial charge in [-0.1, -0.05) is 12.1 Å². The summed E-state index contributed by atoms with van der Waals surface area (Å²) in [5.41, 5.74) is 0. The van der Waals surface area contributed by atoms with Crippen molar-refractivity contribution in [3.63, 3.8) is 0 Å². The normalized spacial score (nSPS) is 10.7. The number of nitrogens with zero attached hydrogens (tertiary/aromatic N) is 2. The van der Waals surface area contributed by atoms with Crippen LogP contribution in [-0.4, -0.2) is 29.9 Å². The van der Waals surface area contributed by atoms with Crippen LogP contribution in [0.2, 0.25) is 0 Å². The van der Waals surface area contributed by atoms with Gasteiger partial charge in [-0.05, 0) is 12.1 Å². The first-order chi connectivity index (χ1) is 9.47. The lowest BCUT2D eigenvalue weighted by Crippen LogP contribution is -1.99. The average molecular weight is 274 g/mol. The number of hydrogen-bond donors (Lipinski definition) is 2. The molecule has 0 saturated heterocycles. The molecule has 1 aromatic carbocycles. The number of imidazole rings is 2. The van der Waals surface area contributed by atoms with Gasteiger partial charge in [-0.15, -0.1) is 0 Å². The predicted molar refractivity (Wildman–Crippen MR) is 73.4 cm³/mol. The molecule has 3 heterocycles. The molecule has 0 spiro atoms. The highest BCUT2D eigenvalue weighted by Gasteiger charge is 2.10. The number of hydrogen-bond acceptors (Lipinski definition) is 4. The zero-order valence-electron chi connectivity index (χ0n) is 10.2. The minimum absolute atomic E-state index is 0.710. The Kier molecular flexibility index (Phi) is 5.24. The van der Waals surface area contributed by atoms with Crippen LogP contribution in [0.4, 0.5) is 0 Å². The molecule has 3 aromatic rings. The highest BCUT2D eigenvalue weighted by atomic mass is 28.3. The Morgan fingerprint density at radius 2 is 1.37 bits per heavy atom. The van der Waals surface area contributed by atoms with E-state index in [0.29, 0.717) is 0 Å². The van der Waals surface area contributed by atoms with Gasteiger partial charge in [0, 0.05) is 24.8 Å². The number of nitrogens with one attached hydrogen (secondary N) is 2. The quantitative estimate of drug-likeness (QED) is 0.605. The maximum absolute atomic E-state index is 5.22. The van der Waals surface area contributed by atoms with Crippen molar-refractivity contribution >= 4 is 10.0 Å². The second-order valence-corrected chi connectivity index (χ2v) is 4.19. The van der Waals surface area contributed by atoms with Crippen molar-refractivity contribution in [3.05, 3.63) is 61.7 Å². The highest BCUT2D eigenvalue weighted by molar-refractivity contribution is 6.22. The molecule has 0 atom stereocenters. The second kappa shape index (κ2) is 7.72. The van der Waals surface area contributed by atoms with Gasteiger partial charge in [0.25, 0.3) is 0 Å². The number of H-pyrrole nitrogens is 2. The molecule has 0 radical (unpaired) electrons. The van der Waals surface area contributed by atoms with Crippen molar-refractivity contribution in [3.8, 4) is 11.5 Å². The third kappa shape index (κ3) is 4.68. The van der Waals surface area contributed by atoms with E-state index in [1.165, 1.54) is 0 Å². The average Bonchev–Trinajstić information content (AvgIpc) is 3.22. The van der Waals surface area contributed by atoms with Crippen LogP contribution in [0.15, 0.2) is 61.7 Å². The Hall–Kier alpha value is -2.54. The predicted octanol–water partition coefficient (Wildman–Crippen LogP) is 1.28. The number of benzene rings is 1. The maximum atomic E-state index is 5.22. The monoisotopic (exact) mass is 274 g/mol. The van der Waals surface area contributed by atoms with E-state index in [1.807, 2.05) is 24.3 Å². The fraction of sp³-hybridized carbons (Fsp3) is 0. The Labute approximate surface area is 112 Å². The zero-order chi connectivity index (χ0) is 13.2. The minimum atomic E-state index is -0.710. The van der Waals surface area contributed by atoms with Crippen LogP contribution in [0.3, 0.4) is 0 Å². The van der Waals surface area contributed by atoms with E-state index >= 15 is 0 Å². The van der Waals surface area contributed by atoms with E-state index in [-0.39, 0.29) is 0 Å². The van der Waals surface area contributed by atoms with Gasteiger partial charge in [-0.2, -0.15) is 0 Å². The zero-order valence-corrected chi connectivity index (χ0v) is 11.6. The van der Waals surface area contributed by atoms with Crippen molar-refractivity contribution < 1.29 is 8.85 Å². The van der Waals surface area contributed by atoms with Gasteiger partial charge in [0.1, 0.15) is 11.5 Å². The molecular weight excluding hydrogens is 260 g/mol. The van der Waals surface area contributed by atoms with Crippen LogP contribution in [-0.2, 0) is 0 Å². The van der Waals surface area contributed by atoms with Crippen LogP contribution >= 0.6 is 0 Å². The van der Waals surface area contributed by atoms with Crippen molar-refractivity contribution in [2.45, 2.75) is 0 Å².